The number of nitrogens with zero attached hydrogens (tertiary/aromatic N) is 1. The maximum atomic E-state index is 5.94. The van der Waals surface area contributed by atoms with Crippen LogP contribution in [-0.4, -0.2) is 25.2 Å². The second-order valence-electron chi connectivity index (χ2n) is 5.76. The Labute approximate surface area is 127 Å². The summed E-state index contributed by atoms with van der Waals surface area (Å²) in [5.41, 5.74) is 7.14. The van der Waals surface area contributed by atoms with Gasteiger partial charge in [0.05, 0.1) is 6.54 Å². The van der Waals surface area contributed by atoms with Gasteiger partial charge in [-0.1, -0.05) is 37.8 Å². The lowest BCUT2D eigenvalue weighted by molar-refractivity contribution is 0.328. The first-order valence-electron chi connectivity index (χ1n) is 8.00. The molecule has 0 atom stereocenters. The summed E-state index contributed by atoms with van der Waals surface area (Å²) in [5.74, 6) is 1.44. The number of aryl methyl sites for hydroxylation is 1. The summed E-state index contributed by atoms with van der Waals surface area (Å²) in [4.78, 5) is 4.34. The number of nitrogens with one attached hydrogen (secondary N) is 1. The van der Waals surface area contributed by atoms with Crippen molar-refractivity contribution in [1.82, 2.24) is 5.32 Å². The number of nitrogens with two attached hydrogens (primary N) is 1. The molecule has 0 heterocycles. The van der Waals surface area contributed by atoms with Crippen LogP contribution in [0.5, 0.6) is 5.75 Å². The third-order valence-corrected chi connectivity index (χ3v) is 3.84. The minimum absolute atomic E-state index is 0.494. The molecule has 1 aromatic carbocycles. The maximum Gasteiger partial charge on any atom is 0.188 e. The Morgan fingerprint density at radius 1 is 1.29 bits per heavy atom. The first kappa shape index (κ1) is 15.7. The Hall–Kier alpha value is -1.71. The maximum absolute atomic E-state index is 5.94. The van der Waals surface area contributed by atoms with E-state index >= 15 is 0 Å². The van der Waals surface area contributed by atoms with Crippen molar-refractivity contribution in [3.8, 4) is 5.75 Å². The molecule has 4 heteroatoms. The van der Waals surface area contributed by atoms with Crippen LogP contribution in [0.15, 0.2) is 29.3 Å². The van der Waals surface area contributed by atoms with Gasteiger partial charge in [0.15, 0.2) is 5.96 Å². The Morgan fingerprint density at radius 3 is 2.76 bits per heavy atom. The van der Waals surface area contributed by atoms with Gasteiger partial charge in [-0.3, -0.25) is 0 Å². The fraction of sp³-hybridized carbons (Fsp3) is 0.588. The van der Waals surface area contributed by atoms with E-state index in [2.05, 4.69) is 23.3 Å². The molecule has 2 rings (SSSR count). The van der Waals surface area contributed by atoms with E-state index in [4.69, 9.17) is 10.5 Å². The van der Waals surface area contributed by atoms with E-state index in [-0.39, 0.29) is 0 Å². The lowest BCUT2D eigenvalue weighted by atomic mass is 10.1. The predicted molar refractivity (Wildman–Crippen MR) is 87.8 cm³/mol. The molecule has 0 amide bonds. The van der Waals surface area contributed by atoms with Gasteiger partial charge in [0.2, 0.25) is 0 Å². The molecule has 0 unspecified atom stereocenters. The summed E-state index contributed by atoms with van der Waals surface area (Å²) in [6.45, 7) is 3.19. The average Bonchev–Trinajstić information content (AvgIpc) is 2.72. The fourth-order valence-corrected chi connectivity index (χ4v) is 2.71. The molecule has 0 aliphatic heterocycles. The van der Waals surface area contributed by atoms with Crippen molar-refractivity contribution < 1.29 is 4.74 Å². The molecule has 1 fully saturated rings. The van der Waals surface area contributed by atoms with Crippen molar-refractivity contribution in [2.24, 2.45) is 10.7 Å². The van der Waals surface area contributed by atoms with Gasteiger partial charge < -0.3 is 15.8 Å². The molecule has 1 aromatic rings. The number of ether oxygens (including phenoxy) is 1. The van der Waals surface area contributed by atoms with Crippen LogP contribution in [0.1, 0.15) is 44.1 Å². The van der Waals surface area contributed by atoms with Gasteiger partial charge in [0, 0.05) is 6.04 Å². The molecular weight excluding hydrogens is 262 g/mol. The highest BCUT2D eigenvalue weighted by Gasteiger charge is 2.11. The van der Waals surface area contributed by atoms with Gasteiger partial charge in [0.1, 0.15) is 12.4 Å². The van der Waals surface area contributed by atoms with Gasteiger partial charge in [-0.15, -0.1) is 0 Å². The predicted octanol–water partition coefficient (Wildman–Crippen LogP) is 3.00. The van der Waals surface area contributed by atoms with Crippen molar-refractivity contribution in [1.29, 1.82) is 0 Å². The molecular formula is C17H27N3O. The van der Waals surface area contributed by atoms with Crippen LogP contribution in [0.4, 0.5) is 0 Å². The van der Waals surface area contributed by atoms with Gasteiger partial charge >= 0.3 is 0 Å². The zero-order chi connectivity index (χ0) is 14.9. The quantitative estimate of drug-likeness (QED) is 0.379. The molecule has 1 saturated carbocycles. The summed E-state index contributed by atoms with van der Waals surface area (Å²) in [5, 5.41) is 3.34. The van der Waals surface area contributed by atoms with Crippen molar-refractivity contribution in [2.75, 3.05) is 13.2 Å². The Morgan fingerprint density at radius 2 is 2.05 bits per heavy atom. The summed E-state index contributed by atoms with van der Waals surface area (Å²) in [6.07, 6.45) is 7.69. The van der Waals surface area contributed by atoms with Crippen LogP contribution < -0.4 is 15.8 Å². The van der Waals surface area contributed by atoms with Crippen LogP contribution in [-0.2, 0) is 0 Å². The number of hydrogen-bond donors (Lipinski definition) is 2. The van der Waals surface area contributed by atoms with Crippen LogP contribution in [0.3, 0.4) is 0 Å². The zero-order valence-corrected chi connectivity index (χ0v) is 13.0. The summed E-state index contributed by atoms with van der Waals surface area (Å²) < 4.78 is 5.66. The highest BCUT2D eigenvalue weighted by Crippen LogP contribution is 2.17. The molecule has 0 bridgehead atoms. The Kier molecular flexibility index (Phi) is 6.38. The van der Waals surface area contributed by atoms with Gasteiger partial charge in [-0.25, -0.2) is 4.99 Å². The van der Waals surface area contributed by atoms with Crippen molar-refractivity contribution >= 4 is 5.96 Å². The number of hydrogen-bond acceptors (Lipinski definition) is 2. The molecule has 4 nitrogen and oxygen atoms in total. The second-order valence-corrected chi connectivity index (χ2v) is 5.76. The summed E-state index contributed by atoms with van der Waals surface area (Å²) in [6, 6.07) is 8.53. The standard InChI is InChI=1S/C17H27N3O/c1-14-7-6-10-16(13-14)21-12-11-19-17(18)20-15-8-4-2-3-5-9-15/h6-7,10,13,15H,2-5,8-9,11-12H2,1H3,(H3,18,19,20). The van der Waals surface area contributed by atoms with E-state index in [0.29, 0.717) is 25.2 Å². The largest absolute Gasteiger partial charge is 0.492 e. The van der Waals surface area contributed by atoms with E-state index < -0.39 is 0 Å². The van der Waals surface area contributed by atoms with Crippen molar-refractivity contribution in [3.63, 3.8) is 0 Å². The van der Waals surface area contributed by atoms with Crippen LogP contribution in [0, 0.1) is 6.92 Å². The van der Waals surface area contributed by atoms with Gasteiger partial charge in [-0.05, 0) is 37.5 Å². The van der Waals surface area contributed by atoms with E-state index in [1.54, 1.807) is 0 Å². The summed E-state index contributed by atoms with van der Waals surface area (Å²) >= 11 is 0. The molecule has 0 saturated heterocycles. The Bertz CT molecular complexity index is 451. The SMILES string of the molecule is Cc1cccc(OCCN=C(N)NC2CCCCCC2)c1. The van der Waals surface area contributed by atoms with Crippen LogP contribution in [0.25, 0.3) is 0 Å². The normalized spacial score (nSPS) is 17.3. The second kappa shape index (κ2) is 8.55. The fourth-order valence-electron chi connectivity index (χ4n) is 2.71. The highest BCUT2D eigenvalue weighted by molar-refractivity contribution is 5.78. The Balaban J connectivity index is 1.68. The molecule has 3 N–H and O–H groups in total. The number of benzene rings is 1. The number of rotatable bonds is 5. The molecule has 1 aliphatic carbocycles. The monoisotopic (exact) mass is 289 g/mol. The molecule has 0 radical (unpaired) electrons. The topological polar surface area (TPSA) is 59.6 Å². The van der Waals surface area contributed by atoms with Gasteiger partial charge in [-0.2, -0.15) is 0 Å². The van der Waals surface area contributed by atoms with Crippen LogP contribution >= 0.6 is 0 Å². The molecule has 116 valence electrons. The van der Waals surface area contributed by atoms with E-state index in [9.17, 15) is 0 Å². The third kappa shape index (κ3) is 6.06. The lowest BCUT2D eigenvalue weighted by Crippen LogP contribution is -2.40. The van der Waals surface area contributed by atoms with Crippen molar-refractivity contribution in [3.05, 3.63) is 29.8 Å². The number of guanidine groups is 1. The molecule has 1 aliphatic rings. The van der Waals surface area contributed by atoms with Crippen LogP contribution in [0.2, 0.25) is 0 Å². The minimum atomic E-state index is 0.494. The first-order chi connectivity index (χ1) is 10.2. The van der Waals surface area contributed by atoms with E-state index in [1.165, 1.54) is 44.1 Å². The zero-order valence-electron chi connectivity index (χ0n) is 13.0. The smallest absolute Gasteiger partial charge is 0.188 e. The van der Waals surface area contributed by atoms with E-state index in [0.717, 1.165) is 5.75 Å². The highest BCUT2D eigenvalue weighted by atomic mass is 16.5. The van der Waals surface area contributed by atoms with E-state index in [1.807, 2.05) is 18.2 Å². The molecule has 0 spiro atoms. The summed E-state index contributed by atoms with van der Waals surface area (Å²) in [7, 11) is 0. The average molecular weight is 289 g/mol. The third-order valence-electron chi connectivity index (χ3n) is 3.84. The lowest BCUT2D eigenvalue weighted by Gasteiger charge is -2.16. The number of aliphatic imine (C=N–C) groups is 1. The van der Waals surface area contributed by atoms with Crippen molar-refractivity contribution in [2.45, 2.75) is 51.5 Å². The molecule has 0 aromatic heterocycles. The molecule has 21 heavy (non-hydrogen) atoms. The van der Waals surface area contributed by atoms with Gasteiger partial charge in [0.25, 0.3) is 0 Å². The minimum Gasteiger partial charge on any atom is -0.492 e. The first-order valence-corrected chi connectivity index (χ1v) is 8.00.